The van der Waals surface area contributed by atoms with Crippen LogP contribution < -0.4 is 10.6 Å². The largest absolute Gasteiger partial charge is 0.345 e. The quantitative estimate of drug-likeness (QED) is 0.851. The highest BCUT2D eigenvalue weighted by molar-refractivity contribution is 8.14. The van der Waals surface area contributed by atoms with Crippen LogP contribution in [-0.4, -0.2) is 46.8 Å². The van der Waals surface area contributed by atoms with Crippen molar-refractivity contribution in [1.29, 1.82) is 0 Å². The third-order valence-corrected chi connectivity index (χ3v) is 6.21. The van der Waals surface area contributed by atoms with Gasteiger partial charge in [0.2, 0.25) is 11.0 Å². The Balaban J connectivity index is 1.48. The molecule has 130 valence electrons. The molecule has 1 aromatic heterocycles. The van der Waals surface area contributed by atoms with E-state index in [1.54, 1.807) is 16.2 Å². The third kappa shape index (κ3) is 4.30. The van der Waals surface area contributed by atoms with Gasteiger partial charge >= 0.3 is 6.03 Å². The summed E-state index contributed by atoms with van der Waals surface area (Å²) in [5.74, 6) is 0.433. The van der Waals surface area contributed by atoms with Gasteiger partial charge in [-0.25, -0.2) is 4.79 Å². The van der Waals surface area contributed by atoms with Gasteiger partial charge in [-0.05, 0) is 30.7 Å². The number of urea groups is 1. The molecule has 6 nitrogen and oxygen atoms in total. The minimum Gasteiger partial charge on any atom is -0.345 e. The molecule has 2 aliphatic heterocycles. The van der Waals surface area contributed by atoms with E-state index < -0.39 is 0 Å². The lowest BCUT2D eigenvalue weighted by atomic mass is 9.97. The summed E-state index contributed by atoms with van der Waals surface area (Å²) in [4.78, 5) is 39.1. The van der Waals surface area contributed by atoms with Crippen LogP contribution in [0.2, 0.25) is 0 Å². The van der Waals surface area contributed by atoms with Gasteiger partial charge in [0, 0.05) is 23.7 Å². The van der Waals surface area contributed by atoms with Crippen molar-refractivity contribution in [3.63, 3.8) is 0 Å². The van der Waals surface area contributed by atoms with E-state index in [-0.39, 0.29) is 29.0 Å². The predicted octanol–water partition coefficient (Wildman–Crippen LogP) is 1.82. The van der Waals surface area contributed by atoms with Crippen LogP contribution in [0, 0.1) is 5.92 Å². The Hall–Kier alpha value is -1.54. The van der Waals surface area contributed by atoms with Gasteiger partial charge in [0.25, 0.3) is 0 Å². The summed E-state index contributed by atoms with van der Waals surface area (Å²) in [7, 11) is 0. The Morgan fingerprint density at radius 1 is 1.33 bits per heavy atom. The zero-order valence-electron chi connectivity index (χ0n) is 13.3. The maximum Gasteiger partial charge on any atom is 0.317 e. The Morgan fingerprint density at radius 2 is 2.21 bits per heavy atom. The number of thiophene rings is 1. The van der Waals surface area contributed by atoms with Crippen molar-refractivity contribution in [2.45, 2.75) is 31.8 Å². The highest BCUT2D eigenvalue weighted by atomic mass is 32.2. The minimum atomic E-state index is -0.356. The standard InChI is InChI=1S/C16H21N3O3S2/c20-14(18-13-5-8-24-15(13)21)11-3-1-6-19(10-11)16(22)17-9-12-4-2-7-23-12/h2,4,7,11,13H,1,3,5-6,8-10H2,(H,17,22)(H,18,20). The van der Waals surface area contributed by atoms with E-state index in [1.165, 1.54) is 11.8 Å². The van der Waals surface area contributed by atoms with Gasteiger partial charge in [-0.1, -0.05) is 17.8 Å². The zero-order valence-corrected chi connectivity index (χ0v) is 15.0. The molecular formula is C16H21N3O3S2. The van der Waals surface area contributed by atoms with E-state index in [0.29, 0.717) is 26.1 Å². The lowest BCUT2D eigenvalue weighted by Crippen LogP contribution is -2.50. The maximum absolute atomic E-state index is 12.4. The third-order valence-electron chi connectivity index (χ3n) is 4.33. The molecule has 0 aliphatic carbocycles. The molecule has 0 radical (unpaired) electrons. The number of nitrogens with zero attached hydrogens (tertiary/aromatic N) is 1. The number of amides is 3. The van der Waals surface area contributed by atoms with Crippen LogP contribution in [-0.2, 0) is 16.1 Å². The van der Waals surface area contributed by atoms with Gasteiger partial charge in [0.05, 0.1) is 18.5 Å². The Morgan fingerprint density at radius 3 is 2.92 bits per heavy atom. The van der Waals surface area contributed by atoms with E-state index in [9.17, 15) is 14.4 Å². The van der Waals surface area contributed by atoms with E-state index in [2.05, 4.69) is 10.6 Å². The molecule has 3 heterocycles. The normalized spacial score (nSPS) is 24.0. The summed E-state index contributed by atoms with van der Waals surface area (Å²) in [6, 6.07) is 3.45. The fourth-order valence-electron chi connectivity index (χ4n) is 2.98. The number of hydrogen-bond donors (Lipinski definition) is 2. The summed E-state index contributed by atoms with van der Waals surface area (Å²) < 4.78 is 0. The van der Waals surface area contributed by atoms with Crippen molar-refractivity contribution in [3.05, 3.63) is 22.4 Å². The molecule has 0 aromatic carbocycles. The minimum absolute atomic E-state index is 0.0460. The van der Waals surface area contributed by atoms with Crippen LogP contribution >= 0.6 is 23.1 Å². The van der Waals surface area contributed by atoms with Gasteiger partial charge in [0.15, 0.2) is 0 Å². The number of nitrogens with one attached hydrogen (secondary N) is 2. The first-order valence-corrected chi connectivity index (χ1v) is 10.0. The second-order valence-electron chi connectivity index (χ2n) is 6.04. The molecule has 24 heavy (non-hydrogen) atoms. The highest BCUT2D eigenvalue weighted by Crippen LogP contribution is 2.22. The lowest BCUT2D eigenvalue weighted by molar-refractivity contribution is -0.129. The van der Waals surface area contributed by atoms with Crippen molar-refractivity contribution < 1.29 is 14.4 Å². The van der Waals surface area contributed by atoms with Crippen molar-refractivity contribution in [2.24, 2.45) is 5.92 Å². The van der Waals surface area contributed by atoms with Gasteiger partial charge in [-0.3, -0.25) is 9.59 Å². The van der Waals surface area contributed by atoms with E-state index in [0.717, 1.165) is 23.5 Å². The van der Waals surface area contributed by atoms with Crippen molar-refractivity contribution in [3.8, 4) is 0 Å². The van der Waals surface area contributed by atoms with Gasteiger partial charge < -0.3 is 15.5 Å². The van der Waals surface area contributed by atoms with Crippen molar-refractivity contribution in [1.82, 2.24) is 15.5 Å². The Bertz CT molecular complexity index is 606. The van der Waals surface area contributed by atoms with Gasteiger partial charge in [-0.15, -0.1) is 11.3 Å². The van der Waals surface area contributed by atoms with Gasteiger partial charge in [0.1, 0.15) is 0 Å². The first-order chi connectivity index (χ1) is 11.6. The van der Waals surface area contributed by atoms with Crippen LogP contribution in [0.3, 0.4) is 0 Å². The molecular weight excluding hydrogens is 346 g/mol. The highest BCUT2D eigenvalue weighted by Gasteiger charge is 2.32. The lowest BCUT2D eigenvalue weighted by Gasteiger charge is -2.32. The monoisotopic (exact) mass is 367 g/mol. The molecule has 0 spiro atoms. The SMILES string of the molecule is O=C(NC1CCSC1=O)C1CCCN(C(=O)NCc2cccs2)C1. The topological polar surface area (TPSA) is 78.5 Å². The zero-order chi connectivity index (χ0) is 16.9. The number of rotatable bonds is 4. The predicted molar refractivity (Wildman–Crippen MR) is 94.9 cm³/mol. The number of carbonyl (C=O) groups excluding carboxylic acids is 3. The van der Waals surface area contributed by atoms with Gasteiger partial charge in [-0.2, -0.15) is 0 Å². The molecule has 0 saturated carbocycles. The summed E-state index contributed by atoms with van der Waals surface area (Å²) in [6.45, 7) is 1.59. The molecule has 2 atom stereocenters. The first kappa shape index (κ1) is 17.3. The van der Waals surface area contributed by atoms with E-state index in [1.807, 2.05) is 17.5 Å². The smallest absolute Gasteiger partial charge is 0.317 e. The van der Waals surface area contributed by atoms with Crippen molar-refractivity contribution >= 4 is 40.2 Å². The van der Waals surface area contributed by atoms with Crippen LogP contribution in [0.4, 0.5) is 4.79 Å². The Kier molecular flexibility index (Phi) is 5.78. The molecule has 2 aliphatic rings. The first-order valence-electron chi connectivity index (χ1n) is 8.15. The summed E-state index contributed by atoms with van der Waals surface area (Å²) in [6.07, 6.45) is 2.26. The number of hydrogen-bond acceptors (Lipinski definition) is 5. The van der Waals surface area contributed by atoms with E-state index in [4.69, 9.17) is 0 Å². The molecule has 1 aromatic rings. The molecule has 2 saturated heterocycles. The second-order valence-corrected chi connectivity index (χ2v) is 8.17. The van der Waals surface area contributed by atoms with Crippen LogP contribution in [0.1, 0.15) is 24.1 Å². The van der Waals surface area contributed by atoms with Crippen molar-refractivity contribution in [2.75, 3.05) is 18.8 Å². The maximum atomic E-state index is 12.4. The van der Waals surface area contributed by atoms with Crippen LogP contribution in [0.5, 0.6) is 0 Å². The summed E-state index contributed by atoms with van der Waals surface area (Å²) in [5.41, 5.74) is 0. The molecule has 3 amide bonds. The Labute approximate surface area is 149 Å². The number of carbonyl (C=O) groups is 3. The average Bonchev–Trinajstić information content (AvgIpc) is 3.25. The molecule has 3 rings (SSSR count). The average molecular weight is 367 g/mol. The number of likely N-dealkylation sites (tertiary alicyclic amines) is 1. The number of piperidine rings is 1. The summed E-state index contributed by atoms with van der Waals surface area (Å²) in [5, 5.41) is 7.77. The van der Waals surface area contributed by atoms with E-state index >= 15 is 0 Å². The summed E-state index contributed by atoms with van der Waals surface area (Å²) >= 11 is 2.88. The molecule has 2 N–H and O–H groups in total. The van der Waals surface area contributed by atoms with Crippen LogP contribution in [0.15, 0.2) is 17.5 Å². The molecule has 2 fully saturated rings. The van der Waals surface area contributed by atoms with Crippen LogP contribution in [0.25, 0.3) is 0 Å². The molecule has 8 heteroatoms. The molecule has 2 unspecified atom stereocenters. The number of thioether (sulfide) groups is 1. The fraction of sp³-hybridized carbons (Fsp3) is 0.562. The fourth-order valence-corrected chi connectivity index (χ4v) is 4.56. The second kappa shape index (κ2) is 8.02. The molecule has 0 bridgehead atoms.